The number of halogens is 4. The molecule has 0 aliphatic rings. The van der Waals surface area contributed by atoms with Crippen molar-refractivity contribution in [3.05, 3.63) is 29.3 Å². The number of rotatable bonds is 5. The maximum atomic E-state index is 11.5. The van der Waals surface area contributed by atoms with Crippen LogP contribution in [0.1, 0.15) is 12.8 Å². The fraction of sp³-hybridized carbons (Fsp3) is 0.333. The molecule has 0 radical (unpaired) electrons. The van der Waals surface area contributed by atoms with Gasteiger partial charge in [0.05, 0.1) is 12.8 Å². The molecule has 0 aromatic heterocycles. The second kappa shape index (κ2) is 7.93. The van der Waals surface area contributed by atoms with E-state index in [0.717, 1.165) is 0 Å². The minimum absolute atomic E-state index is 0.148. The molecule has 0 spiro atoms. The molecule has 0 heterocycles. The summed E-state index contributed by atoms with van der Waals surface area (Å²) in [5.41, 5.74) is 0. The van der Waals surface area contributed by atoms with Gasteiger partial charge in [-0.15, -0.1) is 0 Å². The third kappa shape index (κ3) is 7.80. The number of carbonyl (C=O) groups excluding carboxylic acids is 2. The number of hydrogen-bond donors (Lipinski definition) is 0. The zero-order valence-corrected chi connectivity index (χ0v) is 13.1. The molecule has 0 N–H and O–H groups in total. The van der Waals surface area contributed by atoms with Crippen LogP contribution >= 0.6 is 46.4 Å². The largest absolute Gasteiger partial charge is 0.461 e. The minimum atomic E-state index is -1.67. The lowest BCUT2D eigenvalue weighted by molar-refractivity contribution is -0.146. The molecular formula is C12H10Cl4O4. The summed E-state index contributed by atoms with van der Waals surface area (Å²) < 4.78 is 7.97. The van der Waals surface area contributed by atoms with Crippen LogP contribution in [-0.4, -0.2) is 22.3 Å². The van der Waals surface area contributed by atoms with Crippen molar-refractivity contribution in [3.8, 4) is 5.75 Å². The fourth-order valence-electron chi connectivity index (χ4n) is 1.15. The van der Waals surface area contributed by atoms with Crippen molar-refractivity contribution in [2.45, 2.75) is 16.6 Å². The predicted molar refractivity (Wildman–Crippen MR) is 77.6 cm³/mol. The summed E-state index contributed by atoms with van der Waals surface area (Å²) in [6.07, 6.45) is -0.314. The molecule has 8 heteroatoms. The normalized spacial score (nSPS) is 11.0. The second-order valence-corrected chi connectivity index (χ2v) is 6.66. The lowest BCUT2D eigenvalue weighted by Gasteiger charge is -2.11. The van der Waals surface area contributed by atoms with E-state index < -0.39 is 15.7 Å². The van der Waals surface area contributed by atoms with Crippen LogP contribution in [0.4, 0.5) is 0 Å². The summed E-state index contributed by atoms with van der Waals surface area (Å²) in [5, 5.41) is 0.442. The van der Waals surface area contributed by atoms with Gasteiger partial charge in [0.2, 0.25) is 3.79 Å². The highest BCUT2D eigenvalue weighted by atomic mass is 35.6. The van der Waals surface area contributed by atoms with Crippen molar-refractivity contribution >= 4 is 58.3 Å². The van der Waals surface area contributed by atoms with Gasteiger partial charge in [0.15, 0.2) is 0 Å². The van der Waals surface area contributed by atoms with Crippen LogP contribution in [-0.2, 0) is 14.3 Å². The summed E-state index contributed by atoms with van der Waals surface area (Å²) in [7, 11) is 0. The smallest absolute Gasteiger partial charge is 0.311 e. The molecule has 0 saturated carbocycles. The molecule has 0 fully saturated rings. The number of benzene rings is 1. The molecule has 0 unspecified atom stereocenters. The van der Waals surface area contributed by atoms with E-state index in [1.54, 1.807) is 18.2 Å². The monoisotopic (exact) mass is 358 g/mol. The highest BCUT2D eigenvalue weighted by Gasteiger charge is 2.22. The van der Waals surface area contributed by atoms with Crippen molar-refractivity contribution in [2.24, 2.45) is 0 Å². The summed E-state index contributed by atoms with van der Waals surface area (Å²) in [5.74, 6) is -0.936. The van der Waals surface area contributed by atoms with Gasteiger partial charge in [-0.25, -0.2) is 0 Å². The molecule has 0 aliphatic heterocycles. The van der Waals surface area contributed by atoms with Gasteiger partial charge in [0, 0.05) is 5.02 Å². The van der Waals surface area contributed by atoms with Crippen LogP contribution in [0, 0.1) is 0 Å². The molecule has 0 saturated heterocycles. The van der Waals surface area contributed by atoms with Gasteiger partial charge in [0.25, 0.3) is 0 Å². The first-order chi connectivity index (χ1) is 9.26. The molecule has 0 aliphatic carbocycles. The van der Waals surface area contributed by atoms with E-state index in [4.69, 9.17) is 51.1 Å². The van der Waals surface area contributed by atoms with Gasteiger partial charge >= 0.3 is 11.9 Å². The maximum Gasteiger partial charge on any atom is 0.311 e. The Balaban J connectivity index is 2.31. The lowest BCUT2D eigenvalue weighted by atomic mass is 10.3. The van der Waals surface area contributed by atoms with Gasteiger partial charge < -0.3 is 9.47 Å². The summed E-state index contributed by atoms with van der Waals surface area (Å²) >= 11 is 22.0. The quantitative estimate of drug-likeness (QED) is 0.454. The number of hydrogen-bond acceptors (Lipinski definition) is 4. The Labute approximate surface area is 135 Å². The van der Waals surface area contributed by atoms with E-state index in [9.17, 15) is 9.59 Å². The second-order valence-electron chi connectivity index (χ2n) is 3.71. The van der Waals surface area contributed by atoms with Gasteiger partial charge in [-0.2, -0.15) is 0 Å². The van der Waals surface area contributed by atoms with Gasteiger partial charge in [0.1, 0.15) is 12.4 Å². The zero-order valence-electron chi connectivity index (χ0n) is 10.1. The van der Waals surface area contributed by atoms with Crippen molar-refractivity contribution in [3.63, 3.8) is 0 Å². The van der Waals surface area contributed by atoms with E-state index in [2.05, 4.69) is 4.74 Å². The number of carbonyl (C=O) groups is 2. The highest BCUT2D eigenvalue weighted by Crippen LogP contribution is 2.26. The first-order valence-electron chi connectivity index (χ1n) is 5.45. The molecule has 1 rings (SSSR count). The van der Waals surface area contributed by atoms with Crippen LogP contribution in [0.25, 0.3) is 0 Å². The van der Waals surface area contributed by atoms with E-state index in [1.165, 1.54) is 6.07 Å². The van der Waals surface area contributed by atoms with Gasteiger partial charge in [-0.3, -0.25) is 9.59 Å². The Morgan fingerprint density at radius 2 is 1.75 bits per heavy atom. The topological polar surface area (TPSA) is 52.6 Å². The third-order valence-electron chi connectivity index (χ3n) is 1.96. The Bertz CT molecular complexity index is 485. The van der Waals surface area contributed by atoms with Crippen LogP contribution in [0.3, 0.4) is 0 Å². The van der Waals surface area contributed by atoms with Crippen LogP contribution < -0.4 is 4.74 Å². The number of ether oxygens (including phenoxy) is 2. The standard InChI is InChI=1S/C12H10Cl4O4/c13-8-2-1-3-9(6-8)20-11(18)5-4-10(17)19-7-12(14,15)16/h1-3,6H,4-5,7H2. The first-order valence-corrected chi connectivity index (χ1v) is 6.96. The summed E-state index contributed by atoms with van der Waals surface area (Å²) in [6.45, 7) is -0.375. The average molecular weight is 360 g/mol. The Morgan fingerprint density at radius 1 is 1.10 bits per heavy atom. The van der Waals surface area contributed by atoms with Crippen molar-refractivity contribution in [1.29, 1.82) is 0 Å². The number of esters is 2. The highest BCUT2D eigenvalue weighted by molar-refractivity contribution is 6.67. The molecule has 110 valence electrons. The van der Waals surface area contributed by atoms with Crippen LogP contribution in [0.5, 0.6) is 5.75 Å². The summed E-state index contributed by atoms with van der Waals surface area (Å²) in [4.78, 5) is 22.8. The molecule has 0 bridgehead atoms. The maximum absolute atomic E-state index is 11.5. The van der Waals surface area contributed by atoms with E-state index >= 15 is 0 Å². The third-order valence-corrected chi connectivity index (χ3v) is 2.52. The van der Waals surface area contributed by atoms with Crippen LogP contribution in [0.15, 0.2) is 24.3 Å². The van der Waals surface area contributed by atoms with Crippen molar-refractivity contribution in [1.82, 2.24) is 0 Å². The van der Waals surface area contributed by atoms with E-state index in [0.29, 0.717) is 10.8 Å². The molecule has 4 nitrogen and oxygen atoms in total. The van der Waals surface area contributed by atoms with Gasteiger partial charge in [-0.1, -0.05) is 52.5 Å². The molecule has 0 atom stereocenters. The summed E-state index contributed by atoms with van der Waals surface area (Å²) in [6, 6.07) is 6.35. The Morgan fingerprint density at radius 3 is 2.35 bits per heavy atom. The van der Waals surface area contributed by atoms with Gasteiger partial charge in [-0.05, 0) is 18.2 Å². The Kier molecular flexibility index (Phi) is 6.89. The fourth-order valence-corrected chi connectivity index (χ4v) is 1.50. The molecule has 0 amide bonds. The molecule has 20 heavy (non-hydrogen) atoms. The zero-order chi connectivity index (χ0) is 15.2. The van der Waals surface area contributed by atoms with Crippen molar-refractivity contribution in [2.75, 3.05) is 6.61 Å². The predicted octanol–water partition coefficient (Wildman–Crippen LogP) is 3.94. The number of alkyl halides is 3. The first kappa shape index (κ1) is 17.4. The molecule has 1 aromatic rings. The van der Waals surface area contributed by atoms with Crippen molar-refractivity contribution < 1.29 is 19.1 Å². The lowest BCUT2D eigenvalue weighted by Crippen LogP contribution is -2.18. The SMILES string of the molecule is O=C(CCC(=O)Oc1cccc(Cl)c1)OCC(Cl)(Cl)Cl. The average Bonchev–Trinajstić information content (AvgIpc) is 2.33. The van der Waals surface area contributed by atoms with E-state index in [-0.39, 0.29) is 19.4 Å². The minimum Gasteiger partial charge on any atom is -0.461 e. The van der Waals surface area contributed by atoms with Crippen LogP contribution in [0.2, 0.25) is 5.02 Å². The Hall–Kier alpha value is -0.680. The molecule has 1 aromatic carbocycles. The van der Waals surface area contributed by atoms with E-state index in [1.807, 2.05) is 0 Å². The molecular weight excluding hydrogens is 350 g/mol.